The molecular weight excluding hydrogens is 250 g/mol. The van der Waals surface area contributed by atoms with Crippen LogP contribution in [0.25, 0.3) is 0 Å². The summed E-state index contributed by atoms with van der Waals surface area (Å²) in [4.78, 5) is 21.7. The Hall–Kier alpha value is -0.710. The normalized spacial score (nSPS) is 13.1. The zero-order valence-corrected chi connectivity index (χ0v) is 12.6. The Labute approximate surface area is 114 Å². The summed E-state index contributed by atoms with van der Waals surface area (Å²) in [5.74, 6) is 0.561. The van der Waals surface area contributed by atoms with Crippen LogP contribution in [0, 0.1) is 5.41 Å². The van der Waals surface area contributed by atoms with Gasteiger partial charge in [0.25, 0.3) is 0 Å². The molecule has 0 saturated carbocycles. The average molecular weight is 275 g/mol. The van der Waals surface area contributed by atoms with Crippen LogP contribution in [-0.4, -0.2) is 34.5 Å². The molecule has 1 atom stereocenters. The summed E-state index contributed by atoms with van der Waals surface area (Å²) in [6.07, 6.45) is 2.80. The summed E-state index contributed by atoms with van der Waals surface area (Å²) in [6.45, 7) is 7.99. The number of aliphatic carboxylic acids is 1. The van der Waals surface area contributed by atoms with E-state index in [2.05, 4.69) is 26.1 Å². The molecule has 0 rings (SSSR count). The number of carbonyl (C=O) groups is 2. The molecule has 2 N–H and O–H groups in total. The van der Waals surface area contributed by atoms with Gasteiger partial charge in [-0.05, 0) is 36.2 Å². The van der Waals surface area contributed by atoms with Gasteiger partial charge in [0.05, 0.1) is 0 Å². The van der Waals surface area contributed by atoms with Crippen molar-refractivity contribution in [2.24, 2.45) is 5.41 Å². The van der Waals surface area contributed by atoms with Gasteiger partial charge in [-0.2, -0.15) is 11.8 Å². The van der Waals surface area contributed by atoms with Crippen molar-refractivity contribution in [3.63, 3.8) is 0 Å². The molecule has 0 heterocycles. The number of hydrogen-bond donors (Lipinski definition) is 2. The average Bonchev–Trinajstić information content (AvgIpc) is 2.18. The predicted molar refractivity (Wildman–Crippen MR) is 75.9 cm³/mol. The van der Waals surface area contributed by atoms with E-state index >= 15 is 0 Å². The molecule has 0 aromatic heterocycles. The number of carbonyl (C=O) groups excluding carboxylic acids is 1. The zero-order valence-electron chi connectivity index (χ0n) is 11.8. The van der Waals surface area contributed by atoms with E-state index in [1.54, 1.807) is 11.8 Å². The Morgan fingerprint density at radius 1 is 1.28 bits per heavy atom. The zero-order chi connectivity index (χ0) is 14.2. The first-order valence-electron chi connectivity index (χ1n) is 6.30. The number of amides is 1. The monoisotopic (exact) mass is 275 g/mol. The summed E-state index contributed by atoms with van der Waals surface area (Å²) in [7, 11) is 0. The van der Waals surface area contributed by atoms with E-state index in [4.69, 9.17) is 5.11 Å². The minimum Gasteiger partial charge on any atom is -0.480 e. The van der Waals surface area contributed by atoms with E-state index in [-0.39, 0.29) is 5.91 Å². The van der Waals surface area contributed by atoms with Crippen molar-refractivity contribution >= 4 is 23.6 Å². The fourth-order valence-corrected chi connectivity index (χ4v) is 2.47. The Morgan fingerprint density at radius 2 is 1.89 bits per heavy atom. The van der Waals surface area contributed by atoms with Gasteiger partial charge in [0.15, 0.2) is 0 Å². The minimum absolute atomic E-state index is 0.292. The standard InChI is InChI=1S/C13H25NO3S/c1-10(15)14-11(12(16)17)6-9-18-8-5-7-13(2,3)4/h11H,5-9H2,1-4H3,(H,14,15)(H,16,17). The lowest BCUT2D eigenvalue weighted by molar-refractivity contribution is -0.141. The molecule has 0 saturated heterocycles. The Balaban J connectivity index is 3.68. The molecule has 0 bridgehead atoms. The molecule has 0 aromatic carbocycles. The van der Waals surface area contributed by atoms with Crippen LogP contribution in [0.15, 0.2) is 0 Å². The second kappa shape index (κ2) is 8.40. The first kappa shape index (κ1) is 17.3. The van der Waals surface area contributed by atoms with Crippen LogP contribution in [0.3, 0.4) is 0 Å². The van der Waals surface area contributed by atoms with Gasteiger partial charge in [0.1, 0.15) is 6.04 Å². The van der Waals surface area contributed by atoms with Crippen LogP contribution >= 0.6 is 11.8 Å². The number of hydrogen-bond acceptors (Lipinski definition) is 3. The molecule has 18 heavy (non-hydrogen) atoms. The number of carboxylic acids is 1. The number of thioether (sulfide) groups is 1. The van der Waals surface area contributed by atoms with Crippen LogP contribution in [0.2, 0.25) is 0 Å². The Bertz CT molecular complexity index is 274. The predicted octanol–water partition coefficient (Wildman–Crippen LogP) is 2.53. The largest absolute Gasteiger partial charge is 0.480 e. The van der Waals surface area contributed by atoms with Crippen LogP contribution in [0.5, 0.6) is 0 Å². The molecule has 0 aliphatic rings. The van der Waals surface area contributed by atoms with Gasteiger partial charge in [0, 0.05) is 6.92 Å². The van der Waals surface area contributed by atoms with Crippen molar-refractivity contribution < 1.29 is 14.7 Å². The molecule has 0 aromatic rings. The lowest BCUT2D eigenvalue weighted by Gasteiger charge is -2.17. The maximum Gasteiger partial charge on any atom is 0.326 e. The molecule has 0 aliphatic heterocycles. The summed E-state index contributed by atoms with van der Waals surface area (Å²) < 4.78 is 0. The van der Waals surface area contributed by atoms with E-state index in [1.807, 2.05) is 0 Å². The van der Waals surface area contributed by atoms with Gasteiger partial charge in [-0.15, -0.1) is 0 Å². The molecule has 5 heteroatoms. The molecule has 0 spiro atoms. The van der Waals surface area contributed by atoms with Gasteiger partial charge < -0.3 is 10.4 Å². The third kappa shape index (κ3) is 10.4. The van der Waals surface area contributed by atoms with Crippen molar-refractivity contribution in [1.29, 1.82) is 0 Å². The highest BCUT2D eigenvalue weighted by Crippen LogP contribution is 2.22. The van der Waals surface area contributed by atoms with Crippen LogP contribution in [0.1, 0.15) is 47.0 Å². The van der Waals surface area contributed by atoms with E-state index in [0.29, 0.717) is 11.8 Å². The molecule has 0 fully saturated rings. The highest BCUT2D eigenvalue weighted by atomic mass is 32.2. The lowest BCUT2D eigenvalue weighted by Crippen LogP contribution is -2.39. The second-order valence-corrected chi connectivity index (χ2v) is 6.88. The van der Waals surface area contributed by atoms with E-state index in [9.17, 15) is 9.59 Å². The highest BCUT2D eigenvalue weighted by molar-refractivity contribution is 7.99. The van der Waals surface area contributed by atoms with Crippen molar-refractivity contribution in [2.45, 2.75) is 53.0 Å². The molecule has 0 aliphatic carbocycles. The van der Waals surface area contributed by atoms with E-state index in [0.717, 1.165) is 17.9 Å². The fraction of sp³-hybridized carbons (Fsp3) is 0.846. The Kier molecular flexibility index (Phi) is 8.07. The van der Waals surface area contributed by atoms with Crippen molar-refractivity contribution in [2.75, 3.05) is 11.5 Å². The molecule has 0 radical (unpaired) electrons. The van der Waals surface area contributed by atoms with Crippen LogP contribution < -0.4 is 5.32 Å². The van der Waals surface area contributed by atoms with Crippen LogP contribution in [0.4, 0.5) is 0 Å². The minimum atomic E-state index is -0.958. The van der Waals surface area contributed by atoms with Crippen molar-refractivity contribution in [3.8, 4) is 0 Å². The SMILES string of the molecule is CC(=O)NC(CCSCCCC(C)(C)C)C(=O)O. The van der Waals surface area contributed by atoms with Crippen molar-refractivity contribution in [1.82, 2.24) is 5.32 Å². The smallest absolute Gasteiger partial charge is 0.326 e. The first-order valence-corrected chi connectivity index (χ1v) is 7.45. The summed E-state index contributed by atoms with van der Waals surface area (Å²) >= 11 is 1.75. The molecule has 4 nitrogen and oxygen atoms in total. The maximum absolute atomic E-state index is 10.9. The first-order chi connectivity index (χ1) is 8.22. The van der Waals surface area contributed by atoms with Gasteiger partial charge in [0.2, 0.25) is 5.91 Å². The lowest BCUT2D eigenvalue weighted by atomic mass is 9.91. The van der Waals surface area contributed by atoms with Gasteiger partial charge >= 0.3 is 5.97 Å². The molecule has 1 amide bonds. The van der Waals surface area contributed by atoms with E-state index < -0.39 is 12.0 Å². The van der Waals surface area contributed by atoms with Crippen LogP contribution in [-0.2, 0) is 9.59 Å². The number of carboxylic acid groups (broad SMARTS) is 1. The Morgan fingerprint density at radius 3 is 2.33 bits per heavy atom. The molecular formula is C13H25NO3S. The van der Waals surface area contributed by atoms with E-state index in [1.165, 1.54) is 13.3 Å². The second-order valence-electron chi connectivity index (χ2n) is 5.66. The van der Waals surface area contributed by atoms with Gasteiger partial charge in [-0.3, -0.25) is 4.79 Å². The van der Waals surface area contributed by atoms with Gasteiger partial charge in [-0.25, -0.2) is 4.79 Å². The topological polar surface area (TPSA) is 66.4 Å². The molecule has 1 unspecified atom stereocenters. The quantitative estimate of drug-likeness (QED) is 0.668. The van der Waals surface area contributed by atoms with Crippen molar-refractivity contribution in [3.05, 3.63) is 0 Å². The number of nitrogens with one attached hydrogen (secondary N) is 1. The fourth-order valence-electron chi connectivity index (χ4n) is 1.51. The third-order valence-electron chi connectivity index (χ3n) is 2.44. The van der Waals surface area contributed by atoms with Gasteiger partial charge in [-0.1, -0.05) is 20.8 Å². The summed E-state index contributed by atoms with van der Waals surface area (Å²) in [6, 6.07) is -0.752. The summed E-state index contributed by atoms with van der Waals surface area (Å²) in [5, 5.41) is 11.4. The maximum atomic E-state index is 10.9. The number of rotatable bonds is 8. The highest BCUT2D eigenvalue weighted by Gasteiger charge is 2.17. The third-order valence-corrected chi connectivity index (χ3v) is 3.54. The summed E-state index contributed by atoms with van der Waals surface area (Å²) in [5.41, 5.74) is 0.361. The molecule has 106 valence electrons.